The highest BCUT2D eigenvalue weighted by Gasteiger charge is 2.22. The lowest BCUT2D eigenvalue weighted by molar-refractivity contribution is -0.129. The van der Waals surface area contributed by atoms with E-state index in [-0.39, 0.29) is 5.91 Å². The summed E-state index contributed by atoms with van der Waals surface area (Å²) in [6.07, 6.45) is 8.88. The van der Waals surface area contributed by atoms with Gasteiger partial charge in [0, 0.05) is 6.04 Å². The van der Waals surface area contributed by atoms with E-state index in [1.54, 1.807) is 0 Å². The highest BCUT2D eigenvalue weighted by Crippen LogP contribution is 2.18. The minimum atomic E-state index is -0.395. The molecule has 1 amide bonds. The average Bonchev–Trinajstić information content (AvgIpc) is 2.49. The molecule has 2 rings (SSSR count). The minimum absolute atomic E-state index is 0.0358. The number of nitrogens with one attached hydrogen (secondary N) is 1. The summed E-state index contributed by atoms with van der Waals surface area (Å²) in [6.45, 7) is 4.04. The molecule has 0 aliphatic heterocycles. The largest absolute Gasteiger partial charge is 0.481 e. The standard InChI is InChI=1S/C19H29NO2/c1-3-18(22-17-13-11-15(2)12-14-17)19(21)20-16-9-7-5-4-6-8-10-16/h11-14,16,18H,3-10H2,1-2H3,(H,20,21)/t18-/m1/s1. The van der Waals surface area contributed by atoms with Gasteiger partial charge in [-0.15, -0.1) is 0 Å². The van der Waals surface area contributed by atoms with Crippen LogP contribution >= 0.6 is 0 Å². The molecule has 0 aromatic heterocycles. The van der Waals surface area contributed by atoms with Crippen LogP contribution in [0.5, 0.6) is 5.75 Å². The Balaban J connectivity index is 1.88. The van der Waals surface area contributed by atoms with Crippen molar-refractivity contribution in [1.82, 2.24) is 5.32 Å². The zero-order valence-electron chi connectivity index (χ0n) is 13.9. The van der Waals surface area contributed by atoms with Gasteiger partial charge in [-0.05, 0) is 38.3 Å². The number of benzene rings is 1. The van der Waals surface area contributed by atoms with Crippen molar-refractivity contribution >= 4 is 5.91 Å². The van der Waals surface area contributed by atoms with Gasteiger partial charge in [-0.25, -0.2) is 0 Å². The zero-order valence-corrected chi connectivity index (χ0v) is 13.9. The summed E-state index contributed by atoms with van der Waals surface area (Å²) in [6, 6.07) is 8.20. The van der Waals surface area contributed by atoms with Gasteiger partial charge in [-0.1, -0.05) is 56.7 Å². The lowest BCUT2D eigenvalue weighted by Crippen LogP contribution is -2.43. The third-order valence-electron chi connectivity index (χ3n) is 4.41. The van der Waals surface area contributed by atoms with Crippen LogP contribution in [0.25, 0.3) is 0 Å². The second-order valence-electron chi connectivity index (χ2n) is 6.38. The first-order chi connectivity index (χ1) is 10.7. The fourth-order valence-electron chi connectivity index (χ4n) is 3.00. The Kier molecular flexibility index (Phi) is 6.75. The number of carbonyl (C=O) groups excluding carboxylic acids is 1. The Labute approximate surface area is 134 Å². The van der Waals surface area contributed by atoms with E-state index in [4.69, 9.17) is 4.74 Å². The molecule has 1 saturated carbocycles. The molecule has 0 unspecified atom stereocenters. The normalized spacial score (nSPS) is 18.1. The first-order valence-corrected chi connectivity index (χ1v) is 8.72. The van der Waals surface area contributed by atoms with Gasteiger partial charge in [0.1, 0.15) is 5.75 Å². The maximum absolute atomic E-state index is 12.5. The maximum atomic E-state index is 12.5. The van der Waals surface area contributed by atoms with Gasteiger partial charge in [0.05, 0.1) is 0 Å². The molecule has 1 aliphatic rings. The number of ether oxygens (including phenoxy) is 1. The van der Waals surface area contributed by atoms with Crippen molar-refractivity contribution in [3.05, 3.63) is 29.8 Å². The first-order valence-electron chi connectivity index (χ1n) is 8.72. The van der Waals surface area contributed by atoms with E-state index < -0.39 is 6.10 Å². The smallest absolute Gasteiger partial charge is 0.261 e. The molecule has 0 saturated heterocycles. The van der Waals surface area contributed by atoms with Gasteiger partial charge >= 0.3 is 0 Å². The molecular formula is C19H29NO2. The molecule has 122 valence electrons. The Morgan fingerprint density at radius 3 is 2.32 bits per heavy atom. The van der Waals surface area contributed by atoms with Gasteiger partial charge in [0.25, 0.3) is 5.91 Å². The van der Waals surface area contributed by atoms with Crippen molar-refractivity contribution in [3.63, 3.8) is 0 Å². The van der Waals surface area contributed by atoms with Crippen LogP contribution in [-0.2, 0) is 4.79 Å². The van der Waals surface area contributed by atoms with Crippen molar-refractivity contribution in [3.8, 4) is 5.75 Å². The molecule has 3 nitrogen and oxygen atoms in total. The average molecular weight is 303 g/mol. The van der Waals surface area contributed by atoms with E-state index >= 15 is 0 Å². The maximum Gasteiger partial charge on any atom is 0.261 e. The van der Waals surface area contributed by atoms with Crippen LogP contribution in [0.1, 0.15) is 63.9 Å². The summed E-state index contributed by atoms with van der Waals surface area (Å²) < 4.78 is 5.87. The number of rotatable bonds is 5. The van der Waals surface area contributed by atoms with Gasteiger partial charge in [-0.3, -0.25) is 4.79 Å². The highest BCUT2D eigenvalue weighted by atomic mass is 16.5. The molecule has 0 bridgehead atoms. The van der Waals surface area contributed by atoms with Crippen LogP contribution in [0.15, 0.2) is 24.3 Å². The lowest BCUT2D eigenvalue weighted by Gasteiger charge is -2.24. The van der Waals surface area contributed by atoms with Crippen LogP contribution in [0.2, 0.25) is 0 Å². The van der Waals surface area contributed by atoms with Gasteiger partial charge in [0.2, 0.25) is 0 Å². The zero-order chi connectivity index (χ0) is 15.8. The van der Waals surface area contributed by atoms with E-state index in [1.807, 2.05) is 38.1 Å². The van der Waals surface area contributed by atoms with Crippen molar-refractivity contribution in [1.29, 1.82) is 0 Å². The number of amides is 1. The van der Waals surface area contributed by atoms with Crippen molar-refractivity contribution in [2.24, 2.45) is 0 Å². The van der Waals surface area contributed by atoms with E-state index in [0.29, 0.717) is 12.5 Å². The molecule has 1 atom stereocenters. The summed E-state index contributed by atoms with van der Waals surface area (Å²) in [5.41, 5.74) is 1.19. The summed E-state index contributed by atoms with van der Waals surface area (Å²) in [5.74, 6) is 0.805. The second kappa shape index (κ2) is 8.82. The topological polar surface area (TPSA) is 38.3 Å². The minimum Gasteiger partial charge on any atom is -0.481 e. The summed E-state index contributed by atoms with van der Waals surface area (Å²) >= 11 is 0. The first kappa shape index (κ1) is 16.9. The van der Waals surface area contributed by atoms with Crippen LogP contribution in [0.4, 0.5) is 0 Å². The van der Waals surface area contributed by atoms with Crippen molar-refractivity contribution in [2.75, 3.05) is 0 Å². The molecule has 3 heteroatoms. The molecule has 0 heterocycles. The van der Waals surface area contributed by atoms with Gasteiger partial charge in [-0.2, -0.15) is 0 Å². The number of carbonyl (C=O) groups is 1. The van der Waals surface area contributed by atoms with E-state index in [2.05, 4.69) is 5.32 Å². The fourth-order valence-corrected chi connectivity index (χ4v) is 3.00. The molecular weight excluding hydrogens is 274 g/mol. The van der Waals surface area contributed by atoms with E-state index in [1.165, 1.54) is 37.7 Å². The number of aryl methyl sites for hydroxylation is 1. The molecule has 1 aromatic carbocycles. The monoisotopic (exact) mass is 303 g/mol. The summed E-state index contributed by atoms with van der Waals surface area (Å²) in [4.78, 5) is 12.5. The van der Waals surface area contributed by atoms with Crippen LogP contribution in [0, 0.1) is 6.92 Å². The van der Waals surface area contributed by atoms with Crippen molar-refractivity contribution in [2.45, 2.75) is 77.4 Å². The molecule has 1 N–H and O–H groups in total. The third-order valence-corrected chi connectivity index (χ3v) is 4.41. The fraction of sp³-hybridized carbons (Fsp3) is 0.632. The molecule has 0 spiro atoms. The second-order valence-corrected chi connectivity index (χ2v) is 6.38. The van der Waals surface area contributed by atoms with Crippen molar-refractivity contribution < 1.29 is 9.53 Å². The molecule has 1 aromatic rings. The molecule has 22 heavy (non-hydrogen) atoms. The number of hydrogen-bond acceptors (Lipinski definition) is 2. The Morgan fingerprint density at radius 2 is 1.73 bits per heavy atom. The third kappa shape index (κ3) is 5.36. The van der Waals surface area contributed by atoms with Gasteiger partial charge in [0.15, 0.2) is 6.10 Å². The van der Waals surface area contributed by atoms with E-state index in [0.717, 1.165) is 18.6 Å². The summed E-state index contributed by atoms with van der Waals surface area (Å²) in [7, 11) is 0. The highest BCUT2D eigenvalue weighted by molar-refractivity contribution is 5.81. The number of hydrogen-bond donors (Lipinski definition) is 1. The molecule has 1 aliphatic carbocycles. The van der Waals surface area contributed by atoms with Gasteiger partial charge < -0.3 is 10.1 Å². The predicted octanol–water partition coefficient (Wildman–Crippen LogP) is 4.38. The molecule has 0 radical (unpaired) electrons. The lowest BCUT2D eigenvalue weighted by atomic mass is 9.96. The van der Waals surface area contributed by atoms with Crippen LogP contribution in [0.3, 0.4) is 0 Å². The Bertz CT molecular complexity index is 447. The Morgan fingerprint density at radius 1 is 1.14 bits per heavy atom. The SMILES string of the molecule is CC[C@@H](Oc1ccc(C)cc1)C(=O)NC1CCCCCCC1. The predicted molar refractivity (Wildman–Crippen MR) is 90.1 cm³/mol. The van der Waals surface area contributed by atoms with E-state index in [9.17, 15) is 4.79 Å². The van der Waals surface area contributed by atoms with Crippen LogP contribution < -0.4 is 10.1 Å². The molecule has 1 fully saturated rings. The Hall–Kier alpha value is -1.51. The quantitative estimate of drug-likeness (QED) is 0.876. The summed E-state index contributed by atoms with van der Waals surface area (Å²) in [5, 5.41) is 3.21. The van der Waals surface area contributed by atoms with Crippen LogP contribution in [-0.4, -0.2) is 18.1 Å².